The van der Waals surface area contributed by atoms with Gasteiger partial charge in [-0.05, 0) is 24.3 Å². The van der Waals surface area contributed by atoms with E-state index in [2.05, 4.69) is 4.98 Å². The van der Waals surface area contributed by atoms with E-state index in [4.69, 9.17) is 9.72 Å². The van der Waals surface area contributed by atoms with Crippen molar-refractivity contribution in [2.75, 3.05) is 7.11 Å². The Kier molecular flexibility index (Phi) is 5.37. The quantitative estimate of drug-likeness (QED) is 0.412. The van der Waals surface area contributed by atoms with E-state index in [0.29, 0.717) is 22.8 Å². The summed E-state index contributed by atoms with van der Waals surface area (Å²) in [5.41, 5.74) is 2.39. The zero-order valence-corrected chi connectivity index (χ0v) is 16.1. The van der Waals surface area contributed by atoms with Crippen LogP contribution < -0.4 is 0 Å². The van der Waals surface area contributed by atoms with Gasteiger partial charge in [0, 0.05) is 36.2 Å². The summed E-state index contributed by atoms with van der Waals surface area (Å²) in [5.74, 6) is 0.608. The Bertz CT molecular complexity index is 1140. The summed E-state index contributed by atoms with van der Waals surface area (Å²) in [6.07, 6.45) is -1.17. The average Bonchev–Trinajstić information content (AvgIpc) is 3.14. The Morgan fingerprint density at radius 2 is 1.57 bits per heavy atom. The maximum Gasteiger partial charge on any atom is 0.416 e. The monoisotopic (exact) mass is 409 g/mol. The molecular formula is C23H18F3N3O. The van der Waals surface area contributed by atoms with Crippen LogP contribution in [0.4, 0.5) is 13.2 Å². The fourth-order valence-electron chi connectivity index (χ4n) is 3.36. The lowest BCUT2D eigenvalue weighted by atomic mass is 10.0. The largest absolute Gasteiger partial charge is 0.416 e. The van der Waals surface area contributed by atoms with Crippen molar-refractivity contribution >= 4 is 0 Å². The Morgan fingerprint density at radius 1 is 0.867 bits per heavy atom. The van der Waals surface area contributed by atoms with Gasteiger partial charge in [-0.1, -0.05) is 42.5 Å². The summed E-state index contributed by atoms with van der Waals surface area (Å²) in [7, 11) is 1.56. The molecule has 0 amide bonds. The van der Waals surface area contributed by atoms with Crippen LogP contribution in [0.3, 0.4) is 0 Å². The summed E-state index contributed by atoms with van der Waals surface area (Å²) in [6, 6.07) is 18.3. The molecule has 0 unspecified atom stereocenters. The summed E-state index contributed by atoms with van der Waals surface area (Å²) in [4.78, 5) is 8.81. The van der Waals surface area contributed by atoms with Crippen LogP contribution in [0.15, 0.2) is 79.1 Å². The first-order valence-electron chi connectivity index (χ1n) is 9.22. The molecule has 2 aromatic heterocycles. The number of halogens is 3. The number of hydrogen-bond acceptors (Lipinski definition) is 3. The summed E-state index contributed by atoms with van der Waals surface area (Å²) < 4.78 is 47.2. The zero-order chi connectivity index (χ0) is 21.1. The van der Waals surface area contributed by atoms with Gasteiger partial charge in [-0.25, -0.2) is 4.98 Å². The second kappa shape index (κ2) is 8.12. The van der Waals surface area contributed by atoms with Crippen LogP contribution in [-0.4, -0.2) is 21.6 Å². The number of ether oxygens (including phenoxy) is 1. The molecular weight excluding hydrogens is 391 g/mol. The molecule has 0 atom stereocenters. The van der Waals surface area contributed by atoms with E-state index in [0.717, 1.165) is 23.3 Å². The molecule has 2 aromatic carbocycles. The number of benzene rings is 2. The molecule has 2 heterocycles. The van der Waals surface area contributed by atoms with Crippen molar-refractivity contribution in [3.63, 3.8) is 0 Å². The minimum atomic E-state index is -4.44. The molecule has 0 fully saturated rings. The van der Waals surface area contributed by atoms with Gasteiger partial charge in [0.1, 0.15) is 12.6 Å². The number of alkyl halides is 3. The van der Waals surface area contributed by atoms with E-state index >= 15 is 0 Å². The van der Waals surface area contributed by atoms with E-state index in [1.54, 1.807) is 37.7 Å². The molecule has 0 aliphatic rings. The standard InChI is InChI=1S/C23H18F3N3O/c1-30-15-29-21(16-10-12-27-13-11-16)20(28-22(29)17-6-3-2-4-7-17)18-8-5-9-19(14-18)23(24,25)26/h2-14H,15H2,1H3. The smallest absolute Gasteiger partial charge is 0.364 e. The molecule has 4 aromatic rings. The van der Waals surface area contributed by atoms with Crippen molar-refractivity contribution in [1.82, 2.24) is 14.5 Å². The predicted octanol–water partition coefficient (Wildman–Crippen LogP) is 5.90. The van der Waals surface area contributed by atoms with Crippen LogP contribution in [0.5, 0.6) is 0 Å². The summed E-state index contributed by atoms with van der Waals surface area (Å²) in [6.45, 7) is 0.188. The van der Waals surface area contributed by atoms with Crippen LogP contribution >= 0.6 is 0 Å². The Balaban J connectivity index is 2.01. The summed E-state index contributed by atoms with van der Waals surface area (Å²) in [5, 5.41) is 0. The third kappa shape index (κ3) is 3.84. The molecule has 152 valence electrons. The van der Waals surface area contributed by atoms with Crippen LogP contribution in [0.2, 0.25) is 0 Å². The number of hydrogen-bond donors (Lipinski definition) is 0. The Hall–Kier alpha value is -3.45. The van der Waals surface area contributed by atoms with Crippen LogP contribution in [0.25, 0.3) is 33.9 Å². The number of methoxy groups -OCH3 is 1. The number of imidazole rings is 1. The molecule has 4 nitrogen and oxygen atoms in total. The minimum absolute atomic E-state index is 0.188. The maximum absolute atomic E-state index is 13.3. The number of rotatable bonds is 5. The average molecular weight is 409 g/mol. The van der Waals surface area contributed by atoms with Gasteiger partial charge >= 0.3 is 6.18 Å². The van der Waals surface area contributed by atoms with Crippen molar-refractivity contribution in [2.24, 2.45) is 0 Å². The fourth-order valence-corrected chi connectivity index (χ4v) is 3.36. The molecule has 0 aliphatic heterocycles. The Morgan fingerprint density at radius 3 is 2.23 bits per heavy atom. The van der Waals surface area contributed by atoms with Gasteiger partial charge in [0.15, 0.2) is 0 Å². The highest BCUT2D eigenvalue weighted by Crippen LogP contribution is 2.38. The van der Waals surface area contributed by atoms with Crippen molar-refractivity contribution in [1.29, 1.82) is 0 Å². The van der Waals surface area contributed by atoms with Crippen molar-refractivity contribution in [3.8, 4) is 33.9 Å². The fraction of sp³-hybridized carbons (Fsp3) is 0.130. The molecule has 7 heteroatoms. The molecule has 4 rings (SSSR count). The molecule has 0 N–H and O–H groups in total. The molecule has 0 spiro atoms. The van der Waals surface area contributed by atoms with E-state index in [9.17, 15) is 13.2 Å². The molecule has 0 aliphatic carbocycles. The van der Waals surface area contributed by atoms with Gasteiger partial charge in [-0.3, -0.25) is 9.55 Å². The number of pyridine rings is 1. The molecule has 0 bridgehead atoms. The van der Waals surface area contributed by atoms with E-state index in [1.807, 2.05) is 34.9 Å². The maximum atomic E-state index is 13.3. The van der Waals surface area contributed by atoms with Crippen molar-refractivity contribution in [2.45, 2.75) is 12.9 Å². The highest BCUT2D eigenvalue weighted by molar-refractivity contribution is 5.82. The highest BCUT2D eigenvalue weighted by atomic mass is 19.4. The third-order valence-electron chi connectivity index (χ3n) is 4.67. The Labute approximate surface area is 171 Å². The molecule has 0 saturated heterocycles. The van der Waals surface area contributed by atoms with Gasteiger partial charge in [-0.2, -0.15) is 13.2 Å². The van der Waals surface area contributed by atoms with Crippen LogP contribution in [0.1, 0.15) is 5.56 Å². The minimum Gasteiger partial charge on any atom is -0.364 e. The van der Waals surface area contributed by atoms with Gasteiger partial charge in [0.25, 0.3) is 0 Å². The van der Waals surface area contributed by atoms with Crippen LogP contribution in [0, 0.1) is 0 Å². The number of aromatic nitrogens is 3. The topological polar surface area (TPSA) is 39.9 Å². The van der Waals surface area contributed by atoms with Crippen molar-refractivity contribution < 1.29 is 17.9 Å². The van der Waals surface area contributed by atoms with Crippen molar-refractivity contribution in [3.05, 3.63) is 84.7 Å². The lowest BCUT2D eigenvalue weighted by Gasteiger charge is -2.13. The first kappa shape index (κ1) is 19.8. The van der Waals surface area contributed by atoms with Crippen LogP contribution in [-0.2, 0) is 17.6 Å². The number of nitrogens with zero attached hydrogens (tertiary/aromatic N) is 3. The molecule has 0 saturated carbocycles. The normalized spacial score (nSPS) is 11.6. The van der Waals surface area contributed by atoms with Gasteiger partial charge in [0.2, 0.25) is 0 Å². The van der Waals surface area contributed by atoms with Gasteiger partial charge in [0.05, 0.1) is 17.0 Å². The second-order valence-corrected chi connectivity index (χ2v) is 6.66. The van der Waals surface area contributed by atoms with E-state index < -0.39 is 11.7 Å². The lowest BCUT2D eigenvalue weighted by molar-refractivity contribution is -0.137. The molecule has 30 heavy (non-hydrogen) atoms. The second-order valence-electron chi connectivity index (χ2n) is 6.66. The first-order valence-corrected chi connectivity index (χ1v) is 9.22. The van der Waals surface area contributed by atoms with E-state index in [1.165, 1.54) is 6.07 Å². The molecule has 0 radical (unpaired) electrons. The highest BCUT2D eigenvalue weighted by Gasteiger charge is 2.31. The van der Waals surface area contributed by atoms with Gasteiger partial charge < -0.3 is 4.74 Å². The predicted molar refractivity (Wildman–Crippen MR) is 108 cm³/mol. The summed E-state index contributed by atoms with van der Waals surface area (Å²) >= 11 is 0. The lowest BCUT2D eigenvalue weighted by Crippen LogP contribution is -2.05. The van der Waals surface area contributed by atoms with E-state index in [-0.39, 0.29) is 6.73 Å². The third-order valence-corrected chi connectivity index (χ3v) is 4.67. The van der Waals surface area contributed by atoms with Gasteiger partial charge in [-0.15, -0.1) is 0 Å². The zero-order valence-electron chi connectivity index (χ0n) is 16.1. The SMILES string of the molecule is COCn1c(-c2ccccc2)nc(-c2cccc(C(F)(F)F)c2)c1-c1ccncc1. The first-order chi connectivity index (χ1) is 14.5.